The summed E-state index contributed by atoms with van der Waals surface area (Å²) in [5, 5.41) is 12.9. The molecule has 3 aromatic rings. The van der Waals surface area contributed by atoms with E-state index in [0.29, 0.717) is 16.9 Å². The van der Waals surface area contributed by atoms with Gasteiger partial charge in [0, 0.05) is 34.0 Å². The number of hydrogen-bond donors (Lipinski definition) is 3. The second-order valence-corrected chi connectivity index (χ2v) is 7.69. The maximum Gasteiger partial charge on any atom is 0.258 e. The van der Waals surface area contributed by atoms with Crippen LogP contribution in [0.1, 0.15) is 46.3 Å². The van der Waals surface area contributed by atoms with Crippen LogP contribution < -0.4 is 11.1 Å². The first kappa shape index (κ1) is 17.1. The van der Waals surface area contributed by atoms with Gasteiger partial charge in [-0.15, -0.1) is 0 Å². The van der Waals surface area contributed by atoms with Gasteiger partial charge >= 0.3 is 0 Å². The molecule has 1 aliphatic rings. The summed E-state index contributed by atoms with van der Waals surface area (Å²) in [7, 11) is 0. The van der Waals surface area contributed by atoms with Crippen molar-refractivity contribution in [3.63, 3.8) is 0 Å². The number of aromatic nitrogens is 3. The fraction of sp³-hybridized carbons (Fsp3) is 0.273. The smallest absolute Gasteiger partial charge is 0.258 e. The van der Waals surface area contributed by atoms with E-state index >= 15 is 0 Å². The Morgan fingerprint density at radius 2 is 2.29 bits per heavy atom. The molecule has 8 nitrogen and oxygen atoms in total. The first-order valence-corrected chi connectivity index (χ1v) is 9.54. The Morgan fingerprint density at radius 1 is 1.48 bits per heavy atom. The highest BCUT2D eigenvalue weighted by Crippen LogP contribution is 2.36. The molecular formula is C22H23FN6O2. The molecule has 1 aromatic carbocycles. The number of halogens is 1. The van der Waals surface area contributed by atoms with Gasteiger partial charge in [-0.3, -0.25) is 9.20 Å². The molecule has 0 aliphatic carbocycles. The molecule has 2 unspecified atom stereocenters. The Labute approximate surface area is 182 Å². The van der Waals surface area contributed by atoms with Crippen molar-refractivity contribution in [1.82, 2.24) is 19.7 Å². The molecule has 2 aromatic heterocycles. The van der Waals surface area contributed by atoms with Crippen LogP contribution in [-0.4, -0.2) is 31.2 Å². The summed E-state index contributed by atoms with van der Waals surface area (Å²) in [5.74, 6) is -1.16. The number of carbonyl (C=O) groups excluding carboxylic acids is 1. The van der Waals surface area contributed by atoms with Crippen molar-refractivity contribution >= 4 is 23.1 Å². The Balaban J connectivity index is 1.67. The molecule has 0 radical (unpaired) electrons. The lowest BCUT2D eigenvalue weighted by Crippen LogP contribution is -2.39. The number of aliphatic imine (C=N–C) groups is 1. The van der Waals surface area contributed by atoms with Crippen LogP contribution in [-0.2, 0) is 10.2 Å². The summed E-state index contributed by atoms with van der Waals surface area (Å²) in [6, 6.07) is 5.11. The predicted octanol–water partition coefficient (Wildman–Crippen LogP) is 2.49. The van der Waals surface area contributed by atoms with Crippen LogP contribution in [0.2, 0.25) is 0 Å². The van der Waals surface area contributed by atoms with Crippen LogP contribution in [0.15, 0.2) is 47.7 Å². The number of aryl methyl sites for hydroxylation is 2. The molecule has 0 saturated heterocycles. The lowest BCUT2D eigenvalue weighted by Gasteiger charge is -2.28. The van der Waals surface area contributed by atoms with Crippen LogP contribution in [0.25, 0.3) is 5.52 Å². The molecule has 9 heteroatoms. The fourth-order valence-electron chi connectivity index (χ4n) is 3.70. The third-order valence-electron chi connectivity index (χ3n) is 5.29. The minimum Gasteiger partial charge on any atom is -0.382 e. The molecule has 0 saturated carbocycles. The van der Waals surface area contributed by atoms with Crippen LogP contribution in [0.5, 0.6) is 0 Å². The number of nitrogens with zero attached hydrogens (tertiary/aromatic N) is 4. The number of nitrogens with one attached hydrogen (secondary N) is 1. The Hall–Kier alpha value is -3.59. The summed E-state index contributed by atoms with van der Waals surface area (Å²) in [5.41, 5.74) is 6.63. The van der Waals surface area contributed by atoms with Crippen molar-refractivity contribution in [3.8, 4) is 0 Å². The van der Waals surface area contributed by atoms with Crippen molar-refractivity contribution in [2.45, 2.75) is 38.6 Å². The maximum absolute atomic E-state index is 13.5. The first-order valence-electron chi connectivity index (χ1n) is 11.0. The maximum atomic E-state index is 13.5. The minimum atomic E-state index is -2.51. The van der Waals surface area contributed by atoms with Crippen molar-refractivity contribution in [2.75, 3.05) is 5.73 Å². The molecule has 4 rings (SSSR count). The third kappa shape index (κ3) is 3.68. The van der Waals surface area contributed by atoms with E-state index in [2.05, 4.69) is 20.3 Å². The molecular weight excluding hydrogens is 399 g/mol. The molecule has 0 bridgehead atoms. The van der Waals surface area contributed by atoms with Gasteiger partial charge < -0.3 is 16.2 Å². The number of benzene rings is 1. The number of carbonyl (C=O) groups is 1. The van der Waals surface area contributed by atoms with Crippen molar-refractivity contribution in [3.05, 3.63) is 71.3 Å². The van der Waals surface area contributed by atoms with E-state index in [-0.39, 0.29) is 29.5 Å². The number of nitrogens with two attached hydrogens (primary N) is 1. The highest BCUT2D eigenvalue weighted by atomic mass is 19.1. The van der Waals surface area contributed by atoms with E-state index in [1.54, 1.807) is 19.9 Å². The van der Waals surface area contributed by atoms with Gasteiger partial charge in [-0.05, 0) is 38.4 Å². The van der Waals surface area contributed by atoms with Gasteiger partial charge in [-0.25, -0.2) is 19.4 Å². The number of hydrogen-bond acceptors (Lipinski definition) is 6. The van der Waals surface area contributed by atoms with Gasteiger partial charge in [0.2, 0.25) is 0 Å². The van der Waals surface area contributed by atoms with E-state index in [1.165, 1.54) is 35.0 Å². The quantitative estimate of drug-likeness (QED) is 0.596. The summed E-state index contributed by atoms with van der Waals surface area (Å²) < 4.78 is 38.7. The molecule has 0 spiro atoms. The molecule has 3 heterocycles. The van der Waals surface area contributed by atoms with Gasteiger partial charge in [0.1, 0.15) is 28.8 Å². The number of amides is 1. The Bertz CT molecular complexity index is 1350. The van der Waals surface area contributed by atoms with Gasteiger partial charge in [0.25, 0.3) is 5.91 Å². The van der Waals surface area contributed by atoms with E-state index in [9.17, 15) is 14.3 Å². The standard InChI is InChI=1S/C22H23FN6O2/c1-12-11-26-20(24)17-19(27-13(2)29(12)17)22(3)7-8-25-16(10-22)28-21(31)18(30)14-5-4-6-15(23)9-14/h4-9,11,18,30H,10H2,1-3H3,(H2,24,26)(H,25,28,31)/i2D3. The number of fused-ring (bicyclic) bond motifs is 1. The van der Waals surface area contributed by atoms with Crippen molar-refractivity contribution in [2.24, 2.45) is 4.99 Å². The topological polar surface area (TPSA) is 118 Å². The average Bonchev–Trinajstić information content (AvgIpc) is 3.19. The van der Waals surface area contributed by atoms with Gasteiger partial charge in [0.05, 0.1) is 5.69 Å². The van der Waals surface area contributed by atoms with Crippen molar-refractivity contribution < 1.29 is 18.4 Å². The predicted molar refractivity (Wildman–Crippen MR) is 115 cm³/mol. The largest absolute Gasteiger partial charge is 0.382 e. The second kappa shape index (κ2) is 7.59. The zero-order chi connectivity index (χ0) is 24.8. The molecule has 2 atom stereocenters. The highest BCUT2D eigenvalue weighted by Gasteiger charge is 2.35. The van der Waals surface area contributed by atoms with E-state index < -0.39 is 30.1 Å². The Kier molecular flexibility index (Phi) is 4.19. The van der Waals surface area contributed by atoms with Gasteiger partial charge in [-0.1, -0.05) is 18.2 Å². The van der Waals surface area contributed by atoms with Gasteiger partial charge in [0.15, 0.2) is 6.10 Å². The zero-order valence-corrected chi connectivity index (χ0v) is 16.9. The SMILES string of the molecule is [2H]C([2H])([2H])c1nc(C2(C)C=CN=C(NC(=O)C(O)c3cccc(F)c3)C2)c2c(N)ncc(C)n12. The summed E-state index contributed by atoms with van der Waals surface area (Å²) >= 11 is 0. The van der Waals surface area contributed by atoms with Crippen molar-refractivity contribution in [1.29, 1.82) is 0 Å². The number of nitrogen functional groups attached to an aromatic ring is 1. The first-order chi connectivity index (χ1) is 15.9. The summed E-state index contributed by atoms with van der Waals surface area (Å²) in [4.78, 5) is 25.4. The normalized spacial score (nSPS) is 21.2. The number of amidine groups is 1. The van der Waals surface area contributed by atoms with Crippen LogP contribution in [0, 0.1) is 19.6 Å². The van der Waals surface area contributed by atoms with Gasteiger partial charge in [-0.2, -0.15) is 0 Å². The third-order valence-corrected chi connectivity index (χ3v) is 5.29. The van der Waals surface area contributed by atoms with E-state index in [4.69, 9.17) is 9.85 Å². The van der Waals surface area contributed by atoms with Crippen LogP contribution >= 0.6 is 0 Å². The zero-order valence-electron chi connectivity index (χ0n) is 19.9. The van der Waals surface area contributed by atoms with Crippen LogP contribution in [0.4, 0.5) is 10.2 Å². The number of aliphatic hydroxyl groups is 1. The Morgan fingerprint density at radius 3 is 3.03 bits per heavy atom. The lowest BCUT2D eigenvalue weighted by atomic mass is 9.81. The summed E-state index contributed by atoms with van der Waals surface area (Å²) in [6.07, 6.45) is 3.20. The number of allylic oxidation sites excluding steroid dienone is 1. The summed E-state index contributed by atoms with van der Waals surface area (Å²) in [6.45, 7) is 1.01. The molecule has 4 N–H and O–H groups in total. The van der Waals surface area contributed by atoms with Crippen LogP contribution in [0.3, 0.4) is 0 Å². The average molecular weight is 425 g/mol. The minimum absolute atomic E-state index is 0.101. The number of aliphatic hydroxyl groups excluding tert-OH is 1. The monoisotopic (exact) mass is 425 g/mol. The fourth-order valence-corrected chi connectivity index (χ4v) is 3.70. The molecule has 1 amide bonds. The molecule has 1 aliphatic heterocycles. The molecule has 0 fully saturated rings. The lowest BCUT2D eigenvalue weighted by molar-refractivity contribution is -0.128. The van der Waals surface area contributed by atoms with E-state index in [0.717, 1.165) is 6.07 Å². The number of anilines is 1. The highest BCUT2D eigenvalue weighted by molar-refractivity contribution is 6.01. The number of imidazole rings is 1. The second-order valence-electron chi connectivity index (χ2n) is 7.69. The number of rotatable bonds is 3. The molecule has 31 heavy (non-hydrogen) atoms. The molecule has 160 valence electrons. The van der Waals surface area contributed by atoms with E-state index in [1.807, 2.05) is 0 Å².